The third-order valence-corrected chi connectivity index (χ3v) is 6.04. The molecular formula is C28H28FN3O5. The maximum Gasteiger partial charge on any atom is 0.410 e. The lowest BCUT2D eigenvalue weighted by atomic mass is 10.1. The summed E-state index contributed by atoms with van der Waals surface area (Å²) >= 11 is 0. The average molecular weight is 506 g/mol. The summed E-state index contributed by atoms with van der Waals surface area (Å²) in [5.74, 6) is 0.715. The van der Waals surface area contributed by atoms with Gasteiger partial charge in [-0.15, -0.1) is 0 Å². The van der Waals surface area contributed by atoms with Gasteiger partial charge in [-0.05, 0) is 70.0 Å². The Morgan fingerprint density at radius 1 is 1.16 bits per heavy atom. The number of hydrogen-bond donors (Lipinski definition) is 0. The zero-order chi connectivity index (χ0) is 26.2. The molecule has 4 heterocycles. The molecule has 0 radical (unpaired) electrons. The lowest BCUT2D eigenvalue weighted by molar-refractivity contribution is 0.0226. The summed E-state index contributed by atoms with van der Waals surface area (Å²) in [4.78, 5) is 31.1. The molecule has 0 saturated heterocycles. The fourth-order valence-electron chi connectivity index (χ4n) is 4.33. The first kappa shape index (κ1) is 24.5. The van der Waals surface area contributed by atoms with Crippen LogP contribution in [0.2, 0.25) is 0 Å². The van der Waals surface area contributed by atoms with Crippen molar-refractivity contribution in [3.63, 3.8) is 0 Å². The second kappa shape index (κ2) is 9.72. The molecule has 37 heavy (non-hydrogen) atoms. The largest absolute Gasteiger partial charge is 0.487 e. The molecule has 0 bridgehead atoms. The number of halogens is 1. The number of carbonyl (C=O) groups is 1. The lowest BCUT2D eigenvalue weighted by Crippen LogP contribution is -2.36. The first-order valence-electron chi connectivity index (χ1n) is 12.1. The predicted octanol–water partition coefficient (Wildman–Crippen LogP) is 5.38. The van der Waals surface area contributed by atoms with Crippen LogP contribution in [0.15, 0.2) is 64.1 Å². The van der Waals surface area contributed by atoms with Gasteiger partial charge in [0.2, 0.25) is 0 Å². The molecule has 8 nitrogen and oxygen atoms in total. The number of carbonyl (C=O) groups excluding carboxylic acids is 1. The van der Waals surface area contributed by atoms with Crippen molar-refractivity contribution in [1.82, 2.24) is 14.5 Å². The molecular weight excluding hydrogens is 477 g/mol. The quantitative estimate of drug-likeness (QED) is 0.370. The number of amides is 1. The fourth-order valence-corrected chi connectivity index (χ4v) is 4.33. The zero-order valence-corrected chi connectivity index (χ0v) is 21.0. The number of rotatable bonds is 4. The van der Waals surface area contributed by atoms with Crippen LogP contribution < -0.4 is 10.3 Å². The van der Waals surface area contributed by atoms with Crippen LogP contribution in [-0.2, 0) is 24.3 Å². The summed E-state index contributed by atoms with van der Waals surface area (Å²) in [6, 6.07) is 11.5. The Hall–Kier alpha value is -4.14. The number of nitrogens with zero attached hydrogens (tertiary/aromatic N) is 3. The van der Waals surface area contributed by atoms with Crippen LogP contribution in [0.1, 0.15) is 44.2 Å². The molecule has 1 aliphatic heterocycles. The summed E-state index contributed by atoms with van der Waals surface area (Å²) in [6.45, 7) is 6.58. The third-order valence-electron chi connectivity index (χ3n) is 6.04. The smallest absolute Gasteiger partial charge is 0.410 e. The van der Waals surface area contributed by atoms with Crippen LogP contribution in [-0.4, -0.2) is 32.7 Å². The maximum atomic E-state index is 13.0. The van der Waals surface area contributed by atoms with Gasteiger partial charge >= 0.3 is 6.09 Å². The molecule has 0 spiro atoms. The molecule has 192 valence electrons. The Labute approximate surface area is 213 Å². The topological polar surface area (TPSA) is 86.8 Å². The second-order valence-corrected chi connectivity index (χ2v) is 10.0. The van der Waals surface area contributed by atoms with E-state index in [4.69, 9.17) is 13.9 Å². The van der Waals surface area contributed by atoms with Crippen molar-refractivity contribution < 1.29 is 23.1 Å². The minimum atomic E-state index is -0.569. The number of pyridine rings is 2. The van der Waals surface area contributed by atoms with E-state index < -0.39 is 11.4 Å². The maximum absolute atomic E-state index is 13.0. The van der Waals surface area contributed by atoms with Crippen molar-refractivity contribution in [2.75, 3.05) is 6.54 Å². The van der Waals surface area contributed by atoms with Gasteiger partial charge in [0.05, 0.1) is 18.4 Å². The van der Waals surface area contributed by atoms with Gasteiger partial charge < -0.3 is 18.8 Å². The number of aromatic nitrogens is 2. The molecule has 0 saturated carbocycles. The number of ether oxygens (including phenoxy) is 2. The van der Waals surface area contributed by atoms with Crippen molar-refractivity contribution in [2.24, 2.45) is 0 Å². The highest BCUT2D eigenvalue weighted by Gasteiger charge is 2.27. The van der Waals surface area contributed by atoms with E-state index >= 15 is 0 Å². The van der Waals surface area contributed by atoms with Crippen molar-refractivity contribution in [2.45, 2.75) is 52.4 Å². The number of aryl methyl sites for hydroxylation is 1. The molecule has 1 aromatic carbocycles. The molecule has 0 atom stereocenters. The van der Waals surface area contributed by atoms with Crippen LogP contribution in [0.3, 0.4) is 0 Å². The Bertz CT molecular complexity index is 1500. The highest BCUT2D eigenvalue weighted by Crippen LogP contribution is 2.32. The Morgan fingerprint density at radius 3 is 2.73 bits per heavy atom. The van der Waals surface area contributed by atoms with Crippen LogP contribution in [0, 0.1) is 5.82 Å². The number of furan rings is 1. The van der Waals surface area contributed by atoms with Gasteiger partial charge in [-0.25, -0.2) is 9.18 Å². The van der Waals surface area contributed by atoms with E-state index in [2.05, 4.69) is 4.98 Å². The van der Waals surface area contributed by atoms with Crippen molar-refractivity contribution in [1.29, 1.82) is 0 Å². The highest BCUT2D eigenvalue weighted by molar-refractivity contribution is 5.84. The van der Waals surface area contributed by atoms with Crippen LogP contribution in [0.25, 0.3) is 16.7 Å². The molecule has 0 aliphatic carbocycles. The molecule has 5 rings (SSSR count). The van der Waals surface area contributed by atoms with Gasteiger partial charge in [0.25, 0.3) is 5.56 Å². The molecule has 1 amide bonds. The lowest BCUT2D eigenvalue weighted by Gasteiger charge is -2.26. The normalized spacial score (nSPS) is 13.8. The fraction of sp³-hybridized carbons (Fsp3) is 0.321. The second-order valence-electron chi connectivity index (χ2n) is 10.0. The van der Waals surface area contributed by atoms with Crippen LogP contribution in [0.4, 0.5) is 9.18 Å². The van der Waals surface area contributed by atoms with E-state index in [-0.39, 0.29) is 18.3 Å². The van der Waals surface area contributed by atoms with Gasteiger partial charge in [0.15, 0.2) is 0 Å². The minimum absolute atomic E-state index is 0.122. The monoisotopic (exact) mass is 505 g/mol. The van der Waals surface area contributed by atoms with E-state index in [0.29, 0.717) is 35.8 Å². The van der Waals surface area contributed by atoms with Gasteiger partial charge in [-0.2, -0.15) is 0 Å². The van der Waals surface area contributed by atoms with E-state index in [1.807, 2.05) is 39.0 Å². The first-order valence-corrected chi connectivity index (χ1v) is 12.1. The van der Waals surface area contributed by atoms with E-state index in [1.165, 1.54) is 22.8 Å². The van der Waals surface area contributed by atoms with E-state index in [9.17, 15) is 14.0 Å². The molecule has 4 aromatic rings. The average Bonchev–Trinajstić information content (AvgIpc) is 3.04. The zero-order valence-electron chi connectivity index (χ0n) is 21.0. The van der Waals surface area contributed by atoms with Gasteiger partial charge in [-0.3, -0.25) is 14.3 Å². The molecule has 0 fully saturated rings. The van der Waals surface area contributed by atoms with Crippen molar-refractivity contribution in [3.05, 3.63) is 88.0 Å². The molecule has 1 aliphatic rings. The summed E-state index contributed by atoms with van der Waals surface area (Å²) in [6.07, 6.45) is 3.95. The van der Waals surface area contributed by atoms with E-state index in [1.54, 1.807) is 17.2 Å². The third kappa shape index (κ3) is 5.50. The number of benzene rings is 1. The van der Waals surface area contributed by atoms with Gasteiger partial charge in [0, 0.05) is 35.4 Å². The standard InChI is InChI=1S/C28H28FN3O5/c1-28(2,3)37-27(34)31-11-4-5-22-23-13-20(8-9-24(23)36-25(22)16-31)32-12-10-21(14-26(32)33)35-17-19-7-6-18(29)15-30-19/h6-10,12-15H,4-5,11,16-17H2,1-3H3. The molecule has 3 aromatic heterocycles. The van der Waals surface area contributed by atoms with Crippen LogP contribution >= 0.6 is 0 Å². The van der Waals surface area contributed by atoms with Crippen molar-refractivity contribution in [3.8, 4) is 11.4 Å². The Balaban J connectivity index is 1.37. The summed E-state index contributed by atoms with van der Waals surface area (Å²) in [5, 5.41) is 0.924. The molecule has 0 unspecified atom stereocenters. The van der Waals surface area contributed by atoms with Crippen LogP contribution in [0.5, 0.6) is 5.75 Å². The first-order chi connectivity index (χ1) is 17.7. The summed E-state index contributed by atoms with van der Waals surface area (Å²) < 4.78 is 31.9. The Morgan fingerprint density at radius 2 is 2.00 bits per heavy atom. The highest BCUT2D eigenvalue weighted by atomic mass is 19.1. The molecule has 9 heteroatoms. The minimum Gasteiger partial charge on any atom is -0.487 e. The van der Waals surface area contributed by atoms with E-state index in [0.717, 1.165) is 35.7 Å². The Kier molecular flexibility index (Phi) is 6.45. The SMILES string of the molecule is CC(C)(C)OC(=O)N1CCCc2c(oc3ccc(-n4ccc(OCc5ccc(F)cn5)cc4=O)cc23)C1. The predicted molar refractivity (Wildman–Crippen MR) is 135 cm³/mol. The summed E-state index contributed by atoms with van der Waals surface area (Å²) in [7, 11) is 0. The van der Waals surface area contributed by atoms with Gasteiger partial charge in [-0.1, -0.05) is 0 Å². The van der Waals surface area contributed by atoms with Gasteiger partial charge in [0.1, 0.15) is 35.1 Å². The number of fused-ring (bicyclic) bond motifs is 3. The summed E-state index contributed by atoms with van der Waals surface area (Å²) in [5.41, 5.74) is 2.18. The molecule has 0 N–H and O–H groups in total. The van der Waals surface area contributed by atoms with Crippen molar-refractivity contribution >= 4 is 17.1 Å². The number of hydrogen-bond acceptors (Lipinski definition) is 6.